The monoisotopic (exact) mass is 279 g/mol. The summed E-state index contributed by atoms with van der Waals surface area (Å²) in [5.74, 6) is 0.737. The van der Waals surface area contributed by atoms with Crippen LogP contribution in [0.15, 0.2) is 24.3 Å². The van der Waals surface area contributed by atoms with E-state index in [9.17, 15) is 9.90 Å². The number of rotatable bonds is 2. The molecule has 1 amide bonds. The van der Waals surface area contributed by atoms with Gasteiger partial charge in [-0.15, -0.1) is 0 Å². The van der Waals surface area contributed by atoms with Gasteiger partial charge in [0.05, 0.1) is 20.2 Å². The first-order valence-corrected chi connectivity index (χ1v) is 6.58. The van der Waals surface area contributed by atoms with Gasteiger partial charge < -0.3 is 19.5 Å². The van der Waals surface area contributed by atoms with Crippen molar-refractivity contribution in [1.29, 1.82) is 0 Å². The molecule has 0 spiro atoms. The van der Waals surface area contributed by atoms with Crippen LogP contribution in [-0.4, -0.2) is 41.9 Å². The van der Waals surface area contributed by atoms with Crippen LogP contribution in [-0.2, 0) is 10.3 Å². The number of hydrogen-bond acceptors (Lipinski definition) is 4. The van der Waals surface area contributed by atoms with Crippen molar-refractivity contribution in [3.63, 3.8) is 0 Å². The molecule has 0 atom stereocenters. The van der Waals surface area contributed by atoms with Crippen LogP contribution in [0.4, 0.5) is 4.79 Å². The lowest BCUT2D eigenvalue weighted by Gasteiger charge is -2.46. The van der Waals surface area contributed by atoms with Gasteiger partial charge in [0.25, 0.3) is 0 Å². The number of amides is 1. The highest BCUT2D eigenvalue weighted by Crippen LogP contribution is 2.33. The Morgan fingerprint density at radius 1 is 1.25 bits per heavy atom. The Balaban J connectivity index is 1.98. The van der Waals surface area contributed by atoms with Crippen LogP contribution in [0.25, 0.3) is 0 Å². The van der Waals surface area contributed by atoms with Crippen molar-refractivity contribution in [1.82, 2.24) is 4.90 Å². The molecule has 1 aliphatic rings. The van der Waals surface area contributed by atoms with E-state index >= 15 is 0 Å². The molecule has 1 saturated heterocycles. The number of likely N-dealkylation sites (tertiary alicyclic amines) is 1. The predicted molar refractivity (Wildman–Crippen MR) is 74.7 cm³/mol. The van der Waals surface area contributed by atoms with Gasteiger partial charge in [-0.2, -0.15) is 0 Å². The molecule has 20 heavy (non-hydrogen) atoms. The quantitative estimate of drug-likeness (QED) is 0.901. The van der Waals surface area contributed by atoms with Crippen LogP contribution in [0, 0.1) is 0 Å². The van der Waals surface area contributed by atoms with E-state index in [0.717, 1.165) is 11.3 Å². The topological polar surface area (TPSA) is 59.0 Å². The molecule has 110 valence electrons. The number of carbonyl (C=O) groups is 1. The summed E-state index contributed by atoms with van der Waals surface area (Å²) in [7, 11) is 1.59. The number of hydrogen-bond donors (Lipinski definition) is 1. The summed E-state index contributed by atoms with van der Waals surface area (Å²) in [5, 5.41) is 10.5. The summed E-state index contributed by atoms with van der Waals surface area (Å²) in [6, 6.07) is 7.21. The maximum Gasteiger partial charge on any atom is 0.410 e. The number of nitrogens with zero attached hydrogens (tertiary/aromatic N) is 1. The minimum absolute atomic E-state index is 0.244. The number of methoxy groups -OCH3 is 1. The van der Waals surface area contributed by atoms with Gasteiger partial charge in [0.15, 0.2) is 0 Å². The molecule has 0 saturated carbocycles. The van der Waals surface area contributed by atoms with Crippen LogP contribution in [0.2, 0.25) is 0 Å². The Bertz CT molecular complexity index is 484. The SMILES string of the molecule is COc1ccc(C2(O)CN(C(=O)OC(C)(C)C)C2)cc1. The second-order valence-corrected chi connectivity index (χ2v) is 6.10. The zero-order chi connectivity index (χ0) is 15.0. The molecule has 0 radical (unpaired) electrons. The van der Waals surface area contributed by atoms with E-state index in [1.165, 1.54) is 4.90 Å². The minimum atomic E-state index is -0.997. The average molecular weight is 279 g/mol. The summed E-state index contributed by atoms with van der Waals surface area (Å²) < 4.78 is 10.3. The van der Waals surface area contributed by atoms with Crippen LogP contribution >= 0.6 is 0 Å². The van der Waals surface area contributed by atoms with Gasteiger partial charge >= 0.3 is 6.09 Å². The Labute approximate surface area is 119 Å². The first-order chi connectivity index (χ1) is 9.23. The molecular weight excluding hydrogens is 258 g/mol. The van der Waals surface area contributed by atoms with Gasteiger partial charge in [-0.3, -0.25) is 0 Å². The van der Waals surface area contributed by atoms with Crippen molar-refractivity contribution in [3.8, 4) is 5.75 Å². The summed E-state index contributed by atoms with van der Waals surface area (Å²) in [4.78, 5) is 13.3. The number of carbonyl (C=O) groups excluding carboxylic acids is 1. The first-order valence-electron chi connectivity index (χ1n) is 6.58. The van der Waals surface area contributed by atoms with E-state index in [-0.39, 0.29) is 13.1 Å². The summed E-state index contributed by atoms with van der Waals surface area (Å²) in [6.45, 7) is 5.95. The molecule has 0 aromatic heterocycles. The molecule has 2 rings (SSSR count). The van der Waals surface area contributed by atoms with Crippen molar-refractivity contribution >= 4 is 6.09 Å². The predicted octanol–water partition coefficient (Wildman–Crippen LogP) is 2.13. The third-order valence-electron chi connectivity index (χ3n) is 3.18. The summed E-state index contributed by atoms with van der Waals surface area (Å²) in [6.07, 6.45) is -0.393. The summed E-state index contributed by atoms with van der Waals surface area (Å²) in [5.41, 5.74) is -0.744. The van der Waals surface area contributed by atoms with E-state index in [2.05, 4.69) is 0 Å². The van der Waals surface area contributed by atoms with Crippen LogP contribution in [0.3, 0.4) is 0 Å². The minimum Gasteiger partial charge on any atom is -0.497 e. The average Bonchev–Trinajstić information content (AvgIpc) is 2.33. The van der Waals surface area contributed by atoms with E-state index in [1.54, 1.807) is 19.2 Å². The van der Waals surface area contributed by atoms with Crippen molar-refractivity contribution < 1.29 is 19.4 Å². The lowest BCUT2D eigenvalue weighted by molar-refractivity contribution is -0.103. The molecule has 1 aromatic carbocycles. The fourth-order valence-electron chi connectivity index (χ4n) is 2.12. The Morgan fingerprint density at radius 3 is 2.25 bits per heavy atom. The number of β-amino-alcohol motifs (C(OH)–C–C–N with tert-alkyl or cyclic N) is 1. The second-order valence-electron chi connectivity index (χ2n) is 6.10. The van der Waals surface area contributed by atoms with Crippen LogP contribution in [0.5, 0.6) is 5.75 Å². The van der Waals surface area contributed by atoms with Gasteiger partial charge in [-0.1, -0.05) is 12.1 Å². The van der Waals surface area contributed by atoms with Crippen LogP contribution < -0.4 is 4.74 Å². The molecular formula is C15H21NO4. The number of aliphatic hydroxyl groups is 1. The zero-order valence-corrected chi connectivity index (χ0v) is 12.3. The molecule has 0 bridgehead atoms. The van der Waals surface area contributed by atoms with Crippen molar-refractivity contribution in [2.75, 3.05) is 20.2 Å². The fourth-order valence-corrected chi connectivity index (χ4v) is 2.12. The van der Waals surface area contributed by atoms with Gasteiger partial charge in [-0.25, -0.2) is 4.79 Å². The zero-order valence-electron chi connectivity index (χ0n) is 12.3. The molecule has 1 heterocycles. The van der Waals surface area contributed by atoms with E-state index < -0.39 is 17.3 Å². The fraction of sp³-hybridized carbons (Fsp3) is 0.533. The van der Waals surface area contributed by atoms with Gasteiger partial charge in [0.1, 0.15) is 17.0 Å². The molecule has 1 N–H and O–H groups in total. The lowest BCUT2D eigenvalue weighted by atomic mass is 9.86. The standard InChI is InChI=1S/C15H21NO4/c1-14(2,3)20-13(17)16-9-15(18,10-16)11-5-7-12(19-4)8-6-11/h5-8,18H,9-10H2,1-4H3. The first kappa shape index (κ1) is 14.7. The van der Waals surface area contributed by atoms with Crippen molar-refractivity contribution in [2.24, 2.45) is 0 Å². The molecule has 0 unspecified atom stereocenters. The maximum absolute atomic E-state index is 11.8. The van der Waals surface area contributed by atoms with E-state index in [4.69, 9.17) is 9.47 Å². The normalized spacial score (nSPS) is 17.4. The molecule has 1 aliphatic heterocycles. The molecule has 0 aliphatic carbocycles. The van der Waals surface area contributed by atoms with Crippen molar-refractivity contribution in [3.05, 3.63) is 29.8 Å². The lowest BCUT2D eigenvalue weighted by Crippen LogP contribution is -2.61. The van der Waals surface area contributed by atoms with E-state index in [0.29, 0.717) is 0 Å². The number of ether oxygens (including phenoxy) is 2. The van der Waals surface area contributed by atoms with Crippen molar-refractivity contribution in [2.45, 2.75) is 32.0 Å². The molecule has 1 fully saturated rings. The second kappa shape index (κ2) is 4.98. The molecule has 5 heteroatoms. The highest BCUT2D eigenvalue weighted by atomic mass is 16.6. The van der Waals surface area contributed by atoms with Gasteiger partial charge in [0, 0.05) is 0 Å². The highest BCUT2D eigenvalue weighted by molar-refractivity contribution is 5.70. The Hall–Kier alpha value is -1.75. The van der Waals surface area contributed by atoms with Crippen LogP contribution in [0.1, 0.15) is 26.3 Å². The van der Waals surface area contributed by atoms with Gasteiger partial charge in [-0.05, 0) is 38.5 Å². The molecule has 1 aromatic rings. The maximum atomic E-state index is 11.8. The molecule has 5 nitrogen and oxygen atoms in total. The Kier molecular flexibility index (Phi) is 3.65. The summed E-state index contributed by atoms with van der Waals surface area (Å²) >= 11 is 0. The smallest absolute Gasteiger partial charge is 0.410 e. The highest BCUT2D eigenvalue weighted by Gasteiger charge is 2.46. The van der Waals surface area contributed by atoms with Gasteiger partial charge in [0.2, 0.25) is 0 Å². The third kappa shape index (κ3) is 3.04. The Morgan fingerprint density at radius 2 is 1.80 bits per heavy atom. The van der Waals surface area contributed by atoms with E-state index in [1.807, 2.05) is 32.9 Å². The largest absolute Gasteiger partial charge is 0.497 e. The number of benzene rings is 1. The third-order valence-corrected chi connectivity index (χ3v) is 3.18.